The molecule has 0 amide bonds. The maximum absolute atomic E-state index is 13.1. The normalized spacial score (nSPS) is 19.1. The van der Waals surface area contributed by atoms with Gasteiger partial charge in [0.25, 0.3) is 0 Å². The van der Waals surface area contributed by atoms with Gasteiger partial charge in [-0.25, -0.2) is 0 Å². The van der Waals surface area contributed by atoms with Crippen LogP contribution >= 0.6 is 11.6 Å². The molecule has 0 saturated carbocycles. The molecule has 0 unspecified atom stereocenters. The molecule has 2 aromatic carbocycles. The third kappa shape index (κ3) is 2.40. The molecule has 1 aliphatic carbocycles. The first-order valence-electron chi connectivity index (χ1n) is 9.85. The van der Waals surface area contributed by atoms with Gasteiger partial charge < -0.3 is 9.67 Å². The molecule has 1 aromatic heterocycles. The second-order valence-electron chi connectivity index (χ2n) is 8.49. The Morgan fingerprint density at radius 3 is 2.63 bits per heavy atom. The van der Waals surface area contributed by atoms with Gasteiger partial charge in [0.15, 0.2) is 11.5 Å². The molecule has 5 rings (SSSR count). The lowest BCUT2D eigenvalue weighted by molar-refractivity contribution is -0.401. The number of rotatable bonds is 2. The predicted octanol–water partition coefficient (Wildman–Crippen LogP) is 4.12. The van der Waals surface area contributed by atoms with Gasteiger partial charge in [0.1, 0.15) is 7.05 Å². The van der Waals surface area contributed by atoms with Crippen LogP contribution in [0.2, 0.25) is 5.02 Å². The number of Topliss-reactive ketones (excluding diaryl/α,β-unsaturated/α-hetero) is 1. The van der Waals surface area contributed by atoms with E-state index >= 15 is 0 Å². The number of benzene rings is 2. The number of fused-ring (bicyclic) bond motifs is 2. The van der Waals surface area contributed by atoms with Crippen LogP contribution in [-0.2, 0) is 17.3 Å². The maximum atomic E-state index is 13.1. The summed E-state index contributed by atoms with van der Waals surface area (Å²) >= 11 is 6.22. The van der Waals surface area contributed by atoms with Crippen LogP contribution < -0.4 is 5.11 Å². The second-order valence-corrected chi connectivity index (χ2v) is 8.93. The Morgan fingerprint density at radius 1 is 1.17 bits per heavy atom. The first kappa shape index (κ1) is 18.9. The highest BCUT2D eigenvalue weighted by atomic mass is 35.5. The molecule has 0 spiro atoms. The molecule has 0 atom stereocenters. The van der Waals surface area contributed by atoms with E-state index in [0.29, 0.717) is 10.6 Å². The minimum atomic E-state index is -0.363. The summed E-state index contributed by atoms with van der Waals surface area (Å²) in [7, 11) is 3.88. The minimum absolute atomic E-state index is 0.193. The van der Waals surface area contributed by atoms with Gasteiger partial charge in [-0.15, -0.1) is 0 Å². The minimum Gasteiger partial charge on any atom is -0.871 e. The molecule has 0 bridgehead atoms. The van der Waals surface area contributed by atoms with Crippen molar-refractivity contribution in [3.8, 4) is 0 Å². The Hall–Kier alpha value is -3.11. The van der Waals surface area contributed by atoms with Crippen molar-refractivity contribution in [2.24, 2.45) is 7.05 Å². The van der Waals surface area contributed by atoms with E-state index in [0.717, 1.165) is 27.9 Å². The van der Waals surface area contributed by atoms with Crippen LogP contribution in [0, 0.1) is 0 Å². The largest absolute Gasteiger partial charge is 0.871 e. The maximum Gasteiger partial charge on any atom is 0.209 e. The van der Waals surface area contributed by atoms with Gasteiger partial charge in [-0.05, 0) is 32.0 Å². The molecule has 0 saturated heterocycles. The zero-order valence-corrected chi connectivity index (χ0v) is 18.0. The van der Waals surface area contributed by atoms with Crippen molar-refractivity contribution in [1.82, 2.24) is 4.57 Å². The van der Waals surface area contributed by atoms with Gasteiger partial charge >= 0.3 is 0 Å². The lowest BCUT2D eigenvalue weighted by Crippen LogP contribution is -2.33. The van der Waals surface area contributed by atoms with Crippen LogP contribution in [0.3, 0.4) is 0 Å². The second kappa shape index (κ2) is 6.19. The van der Waals surface area contributed by atoms with Crippen molar-refractivity contribution in [2.75, 3.05) is 7.05 Å². The molecule has 150 valence electrons. The summed E-state index contributed by atoms with van der Waals surface area (Å²) in [6.45, 7) is 4.17. The molecule has 5 heteroatoms. The monoisotopic (exact) mass is 416 g/mol. The fourth-order valence-corrected chi connectivity index (χ4v) is 4.90. The molecule has 0 radical (unpaired) electrons. The molecule has 4 nitrogen and oxygen atoms in total. The van der Waals surface area contributed by atoms with Crippen molar-refractivity contribution in [2.45, 2.75) is 19.3 Å². The van der Waals surface area contributed by atoms with Crippen molar-refractivity contribution < 1.29 is 14.5 Å². The zero-order chi connectivity index (χ0) is 21.4. The first-order valence-corrected chi connectivity index (χ1v) is 10.2. The number of nitrogens with zero attached hydrogens (tertiary/aromatic N) is 2. The van der Waals surface area contributed by atoms with Gasteiger partial charge in [-0.1, -0.05) is 35.6 Å². The standard InChI is InChI=1S/C25H21ClN2O2/c1-25(2)18-11-14(26)9-10-20(18)28(4)21(25)12-16-23(29)22(24(16)30)17-13-27(3)19-8-6-5-7-15(17)19/h5-13H,1-4H3. The quantitative estimate of drug-likeness (QED) is 0.466. The summed E-state index contributed by atoms with van der Waals surface area (Å²) in [6, 6.07) is 13.6. The Morgan fingerprint density at radius 2 is 1.90 bits per heavy atom. The Bertz CT molecular complexity index is 1370. The fourth-order valence-electron chi connectivity index (χ4n) is 4.73. The summed E-state index contributed by atoms with van der Waals surface area (Å²) < 4.78 is 3.98. The van der Waals surface area contributed by atoms with Crippen LogP contribution in [-0.4, -0.2) is 27.7 Å². The Balaban J connectivity index is 1.63. The van der Waals surface area contributed by atoms with Crippen LogP contribution in [0.5, 0.6) is 0 Å². The average molecular weight is 417 g/mol. The molecule has 1 aliphatic heterocycles. The van der Waals surface area contributed by atoms with Crippen molar-refractivity contribution in [3.63, 3.8) is 0 Å². The molecular weight excluding hydrogens is 396 g/mol. The number of carbonyl (C=O) groups is 1. The summed E-state index contributed by atoms with van der Waals surface area (Å²) in [5, 5.41) is 14.7. The number of allylic oxidation sites excluding steroid dienone is 3. The Kier molecular flexibility index (Phi) is 3.90. The van der Waals surface area contributed by atoms with E-state index in [1.54, 1.807) is 6.08 Å². The van der Waals surface area contributed by atoms with Gasteiger partial charge in [0.2, 0.25) is 5.69 Å². The third-order valence-electron chi connectivity index (χ3n) is 6.39. The lowest BCUT2D eigenvalue weighted by Gasteiger charge is -2.30. The van der Waals surface area contributed by atoms with Crippen molar-refractivity contribution in [3.05, 3.63) is 82.2 Å². The smallest absolute Gasteiger partial charge is 0.209 e. The van der Waals surface area contributed by atoms with Gasteiger partial charge in [0, 0.05) is 63.6 Å². The number of aromatic nitrogens is 1. The number of hydrogen-bond donors (Lipinski definition) is 0. The number of aryl methyl sites for hydroxylation is 1. The number of carbonyl (C=O) groups excluding carboxylic acids is 1. The van der Waals surface area contributed by atoms with E-state index in [1.807, 2.05) is 71.9 Å². The molecular formula is C25H21ClN2O2. The van der Waals surface area contributed by atoms with E-state index in [-0.39, 0.29) is 28.1 Å². The van der Waals surface area contributed by atoms with E-state index in [2.05, 4.69) is 13.8 Å². The summed E-state index contributed by atoms with van der Waals surface area (Å²) in [4.78, 5) is 13.1. The third-order valence-corrected chi connectivity index (χ3v) is 6.62. The number of para-hydroxylation sites is 1. The number of ketones is 1. The van der Waals surface area contributed by atoms with Crippen LogP contribution in [0.4, 0.5) is 5.69 Å². The summed E-state index contributed by atoms with van der Waals surface area (Å²) in [5.41, 5.74) is 4.89. The van der Waals surface area contributed by atoms with Crippen LogP contribution in [0.15, 0.2) is 66.1 Å². The number of halogens is 1. The molecule has 0 N–H and O–H groups in total. The topological polar surface area (TPSA) is 48.1 Å². The highest BCUT2D eigenvalue weighted by Crippen LogP contribution is 2.43. The van der Waals surface area contributed by atoms with E-state index in [4.69, 9.17) is 11.6 Å². The SMILES string of the molecule is Cn1cc(C2=C([O-])/C(=C\C3=[N+](C)c4ccc(Cl)cc4C3(C)C)C2=O)c2ccccc21. The van der Waals surface area contributed by atoms with E-state index < -0.39 is 0 Å². The lowest BCUT2D eigenvalue weighted by atomic mass is 9.77. The zero-order valence-electron chi connectivity index (χ0n) is 17.3. The van der Waals surface area contributed by atoms with Gasteiger partial charge in [-0.2, -0.15) is 4.58 Å². The van der Waals surface area contributed by atoms with Crippen LogP contribution in [0.25, 0.3) is 16.5 Å². The highest BCUT2D eigenvalue weighted by molar-refractivity contribution is 6.41. The first-order chi connectivity index (χ1) is 14.2. The van der Waals surface area contributed by atoms with Gasteiger partial charge in [0.05, 0.1) is 5.41 Å². The fraction of sp³-hybridized carbons (Fsp3) is 0.200. The molecule has 30 heavy (non-hydrogen) atoms. The predicted molar refractivity (Wildman–Crippen MR) is 118 cm³/mol. The van der Waals surface area contributed by atoms with Gasteiger partial charge in [-0.3, -0.25) is 4.79 Å². The molecule has 3 aromatic rings. The number of hydrogen-bond acceptors (Lipinski definition) is 2. The summed E-state index contributed by atoms with van der Waals surface area (Å²) in [6.07, 6.45) is 3.62. The van der Waals surface area contributed by atoms with E-state index in [1.165, 1.54) is 0 Å². The summed E-state index contributed by atoms with van der Waals surface area (Å²) in [5.74, 6) is -0.385. The average Bonchev–Trinajstić information content (AvgIpc) is 3.12. The Labute approximate surface area is 180 Å². The van der Waals surface area contributed by atoms with Crippen molar-refractivity contribution >= 4 is 45.3 Å². The van der Waals surface area contributed by atoms with E-state index in [9.17, 15) is 9.90 Å². The highest BCUT2D eigenvalue weighted by Gasteiger charge is 2.44. The van der Waals surface area contributed by atoms with Crippen molar-refractivity contribution in [1.29, 1.82) is 0 Å². The molecule has 2 heterocycles. The van der Waals surface area contributed by atoms with Crippen LogP contribution in [0.1, 0.15) is 25.0 Å². The molecule has 2 aliphatic rings. The molecule has 0 fully saturated rings.